The maximum atomic E-state index is 12.0. The van der Waals surface area contributed by atoms with Crippen LogP contribution in [0.5, 0.6) is 0 Å². The zero-order valence-corrected chi connectivity index (χ0v) is 13.1. The number of nitrogens with one attached hydrogen (secondary N) is 2. The van der Waals surface area contributed by atoms with Gasteiger partial charge in [0.2, 0.25) is 10.1 Å². The van der Waals surface area contributed by atoms with E-state index in [9.17, 15) is 4.79 Å². The number of carbonyl (C=O) groups is 1. The molecule has 0 spiro atoms. The monoisotopic (exact) mass is 296 g/mol. The molecular formula is C14H24N4OS. The van der Waals surface area contributed by atoms with Crippen molar-refractivity contribution in [3.8, 4) is 0 Å². The van der Waals surface area contributed by atoms with Crippen molar-refractivity contribution in [3.05, 3.63) is 5.01 Å². The SMILES string of the molecule is CCCNc1nnc(C(=O)NCC2CCCC(C)C2)s1. The topological polar surface area (TPSA) is 66.9 Å². The maximum absolute atomic E-state index is 12.0. The van der Waals surface area contributed by atoms with E-state index in [1.807, 2.05) is 0 Å². The smallest absolute Gasteiger partial charge is 0.282 e. The number of nitrogens with zero attached hydrogens (tertiary/aromatic N) is 2. The van der Waals surface area contributed by atoms with Crippen molar-refractivity contribution in [2.75, 3.05) is 18.4 Å². The number of hydrogen-bond donors (Lipinski definition) is 2. The van der Waals surface area contributed by atoms with Gasteiger partial charge in [0.05, 0.1) is 0 Å². The second kappa shape index (κ2) is 7.57. The fourth-order valence-corrected chi connectivity index (χ4v) is 3.36. The van der Waals surface area contributed by atoms with Crippen molar-refractivity contribution in [2.45, 2.75) is 46.0 Å². The molecule has 20 heavy (non-hydrogen) atoms. The van der Waals surface area contributed by atoms with Crippen molar-refractivity contribution in [2.24, 2.45) is 11.8 Å². The summed E-state index contributed by atoms with van der Waals surface area (Å²) in [5, 5.41) is 15.2. The van der Waals surface area contributed by atoms with Gasteiger partial charge in [0.25, 0.3) is 5.91 Å². The molecule has 1 aromatic rings. The molecule has 1 fully saturated rings. The number of amides is 1. The average Bonchev–Trinajstić information content (AvgIpc) is 2.91. The lowest BCUT2D eigenvalue weighted by atomic mass is 9.82. The van der Waals surface area contributed by atoms with Gasteiger partial charge in [-0.3, -0.25) is 4.79 Å². The van der Waals surface area contributed by atoms with Gasteiger partial charge in [-0.2, -0.15) is 0 Å². The van der Waals surface area contributed by atoms with Crippen LogP contribution in [0.15, 0.2) is 0 Å². The third-order valence-electron chi connectivity index (χ3n) is 3.74. The minimum atomic E-state index is -0.0923. The molecule has 1 aliphatic carbocycles. The summed E-state index contributed by atoms with van der Waals surface area (Å²) in [7, 11) is 0. The Morgan fingerprint density at radius 3 is 3.00 bits per heavy atom. The van der Waals surface area contributed by atoms with Crippen LogP contribution in [0.25, 0.3) is 0 Å². The van der Waals surface area contributed by atoms with Crippen molar-refractivity contribution < 1.29 is 4.79 Å². The molecule has 112 valence electrons. The van der Waals surface area contributed by atoms with Crippen LogP contribution in [0, 0.1) is 11.8 Å². The summed E-state index contributed by atoms with van der Waals surface area (Å²) in [5.74, 6) is 1.32. The number of aromatic nitrogens is 2. The van der Waals surface area contributed by atoms with Gasteiger partial charge in [-0.1, -0.05) is 38.0 Å². The summed E-state index contributed by atoms with van der Waals surface area (Å²) in [6, 6.07) is 0. The second-order valence-corrected chi connectivity index (χ2v) is 6.66. The van der Waals surface area contributed by atoms with E-state index in [0.717, 1.165) is 30.6 Å². The number of anilines is 1. The Hall–Kier alpha value is -1.17. The summed E-state index contributed by atoms with van der Waals surface area (Å²) in [5.41, 5.74) is 0. The molecule has 5 nitrogen and oxygen atoms in total. The molecule has 1 aromatic heterocycles. The average molecular weight is 296 g/mol. The van der Waals surface area contributed by atoms with Crippen LogP contribution in [0.2, 0.25) is 0 Å². The molecule has 0 saturated heterocycles. The van der Waals surface area contributed by atoms with Gasteiger partial charge in [0.15, 0.2) is 0 Å². The molecule has 2 unspecified atom stereocenters. The van der Waals surface area contributed by atoms with Gasteiger partial charge in [-0.05, 0) is 31.1 Å². The van der Waals surface area contributed by atoms with Crippen LogP contribution in [-0.2, 0) is 0 Å². The van der Waals surface area contributed by atoms with Crippen LogP contribution < -0.4 is 10.6 Å². The second-order valence-electron chi connectivity index (χ2n) is 5.69. The molecule has 0 aliphatic heterocycles. The molecule has 1 saturated carbocycles. The number of rotatable bonds is 6. The fraction of sp³-hybridized carbons (Fsp3) is 0.786. The first-order chi connectivity index (χ1) is 9.69. The third-order valence-corrected chi connectivity index (χ3v) is 4.62. The molecule has 2 atom stereocenters. The first-order valence-electron chi connectivity index (χ1n) is 7.54. The minimum Gasteiger partial charge on any atom is -0.360 e. The zero-order valence-electron chi connectivity index (χ0n) is 12.3. The van der Waals surface area contributed by atoms with E-state index in [-0.39, 0.29) is 5.91 Å². The Balaban J connectivity index is 1.77. The largest absolute Gasteiger partial charge is 0.360 e. The standard InChI is InChI=1S/C14H24N4OS/c1-3-7-15-14-18-17-13(20-14)12(19)16-9-11-6-4-5-10(2)8-11/h10-11H,3-9H2,1-2H3,(H,15,18)(H,16,19). The van der Waals surface area contributed by atoms with Crippen LogP contribution in [0.4, 0.5) is 5.13 Å². The summed E-state index contributed by atoms with van der Waals surface area (Å²) in [4.78, 5) is 12.0. The summed E-state index contributed by atoms with van der Waals surface area (Å²) in [6.07, 6.45) is 6.09. The Labute approximate surface area is 124 Å². The minimum absolute atomic E-state index is 0.0923. The van der Waals surface area contributed by atoms with Crippen molar-refractivity contribution in [1.29, 1.82) is 0 Å². The highest BCUT2D eigenvalue weighted by Gasteiger charge is 2.20. The molecule has 0 radical (unpaired) electrons. The van der Waals surface area contributed by atoms with Gasteiger partial charge in [-0.15, -0.1) is 10.2 Å². The molecule has 2 rings (SSSR count). The maximum Gasteiger partial charge on any atom is 0.282 e. The van der Waals surface area contributed by atoms with Crippen molar-refractivity contribution >= 4 is 22.4 Å². The zero-order chi connectivity index (χ0) is 14.4. The molecule has 1 heterocycles. The van der Waals surface area contributed by atoms with Gasteiger partial charge in [0, 0.05) is 13.1 Å². The predicted octanol–water partition coefficient (Wildman–Crippen LogP) is 2.92. The van der Waals surface area contributed by atoms with Crippen LogP contribution in [-0.4, -0.2) is 29.2 Å². The van der Waals surface area contributed by atoms with Gasteiger partial charge < -0.3 is 10.6 Å². The highest BCUT2D eigenvalue weighted by atomic mass is 32.1. The number of carbonyl (C=O) groups excluding carboxylic acids is 1. The van der Waals surface area contributed by atoms with Crippen LogP contribution in [0.3, 0.4) is 0 Å². The predicted molar refractivity (Wildman–Crippen MR) is 82.1 cm³/mol. The summed E-state index contributed by atoms with van der Waals surface area (Å²) >= 11 is 1.32. The number of hydrogen-bond acceptors (Lipinski definition) is 5. The molecule has 0 bridgehead atoms. The molecule has 6 heteroatoms. The molecule has 1 aliphatic rings. The highest BCUT2D eigenvalue weighted by molar-refractivity contribution is 7.17. The Bertz CT molecular complexity index is 435. The van der Waals surface area contributed by atoms with E-state index >= 15 is 0 Å². The summed E-state index contributed by atoms with van der Waals surface area (Å²) < 4.78 is 0. The third kappa shape index (κ3) is 4.44. The highest BCUT2D eigenvalue weighted by Crippen LogP contribution is 2.28. The van der Waals surface area contributed by atoms with Crippen molar-refractivity contribution in [3.63, 3.8) is 0 Å². The lowest BCUT2D eigenvalue weighted by Crippen LogP contribution is -2.31. The molecular weight excluding hydrogens is 272 g/mol. The van der Waals surface area contributed by atoms with E-state index < -0.39 is 0 Å². The Kier molecular flexibility index (Phi) is 5.76. The van der Waals surface area contributed by atoms with Crippen LogP contribution in [0.1, 0.15) is 55.8 Å². The fourth-order valence-electron chi connectivity index (χ4n) is 2.68. The molecule has 2 N–H and O–H groups in total. The Morgan fingerprint density at radius 2 is 2.25 bits per heavy atom. The van der Waals surface area contributed by atoms with Gasteiger partial charge in [-0.25, -0.2) is 0 Å². The van der Waals surface area contributed by atoms with E-state index in [1.54, 1.807) is 0 Å². The lowest BCUT2D eigenvalue weighted by Gasteiger charge is -2.26. The van der Waals surface area contributed by atoms with E-state index in [0.29, 0.717) is 10.9 Å². The van der Waals surface area contributed by atoms with Gasteiger partial charge >= 0.3 is 0 Å². The van der Waals surface area contributed by atoms with Crippen molar-refractivity contribution in [1.82, 2.24) is 15.5 Å². The molecule has 0 aromatic carbocycles. The van der Waals surface area contributed by atoms with E-state index in [1.165, 1.54) is 37.0 Å². The lowest BCUT2D eigenvalue weighted by molar-refractivity contribution is 0.0939. The van der Waals surface area contributed by atoms with Gasteiger partial charge in [0.1, 0.15) is 0 Å². The normalized spacial score (nSPS) is 22.5. The summed E-state index contributed by atoms with van der Waals surface area (Å²) in [6.45, 7) is 6.01. The first-order valence-corrected chi connectivity index (χ1v) is 8.36. The van der Waals surface area contributed by atoms with Crippen LogP contribution >= 0.6 is 11.3 Å². The first kappa shape index (κ1) is 15.2. The van der Waals surface area contributed by atoms with E-state index in [2.05, 4.69) is 34.7 Å². The van der Waals surface area contributed by atoms with E-state index in [4.69, 9.17) is 0 Å². The quantitative estimate of drug-likeness (QED) is 0.847. The molecule has 1 amide bonds. The Morgan fingerprint density at radius 1 is 1.40 bits per heavy atom.